The van der Waals surface area contributed by atoms with Gasteiger partial charge in [-0.15, -0.1) is 6.58 Å². The van der Waals surface area contributed by atoms with Crippen LogP contribution in [0.4, 0.5) is 5.69 Å². The summed E-state index contributed by atoms with van der Waals surface area (Å²) in [6.07, 6.45) is 1.56. The first-order valence-corrected chi connectivity index (χ1v) is 7.32. The maximum atomic E-state index is 12.2. The second-order valence-corrected chi connectivity index (χ2v) is 6.22. The van der Waals surface area contributed by atoms with Crippen molar-refractivity contribution in [2.75, 3.05) is 18.8 Å². The zero-order chi connectivity index (χ0) is 13.1. The molecule has 4 nitrogen and oxygen atoms in total. The van der Waals surface area contributed by atoms with E-state index in [1.807, 2.05) is 0 Å². The maximum Gasteiger partial charge on any atom is 0.243 e. The molecule has 0 radical (unpaired) electrons. The van der Waals surface area contributed by atoms with Gasteiger partial charge in [-0.25, -0.2) is 8.42 Å². The lowest BCUT2D eigenvalue weighted by Gasteiger charge is -2.19. The monoisotopic (exact) mass is 318 g/mol. The molecule has 2 N–H and O–H groups in total. The number of benzene rings is 1. The van der Waals surface area contributed by atoms with Crippen LogP contribution in [0.3, 0.4) is 0 Å². The summed E-state index contributed by atoms with van der Waals surface area (Å²) in [5.41, 5.74) is 6.14. The molecule has 0 amide bonds. The van der Waals surface area contributed by atoms with Gasteiger partial charge in [0.15, 0.2) is 0 Å². The molecule has 94 valence electrons. The first-order valence-electron chi connectivity index (χ1n) is 5.09. The molecule has 1 aromatic carbocycles. The van der Waals surface area contributed by atoms with Crippen LogP contribution in [0, 0.1) is 0 Å². The minimum Gasteiger partial charge on any atom is -0.398 e. The van der Waals surface area contributed by atoms with Crippen LogP contribution in [0.1, 0.15) is 6.92 Å². The molecule has 17 heavy (non-hydrogen) atoms. The third kappa shape index (κ3) is 3.08. The van der Waals surface area contributed by atoms with Crippen molar-refractivity contribution in [2.45, 2.75) is 11.8 Å². The molecule has 0 spiro atoms. The Morgan fingerprint density at radius 1 is 1.53 bits per heavy atom. The summed E-state index contributed by atoms with van der Waals surface area (Å²) < 4.78 is 26.4. The number of hydrogen-bond acceptors (Lipinski definition) is 3. The standard InChI is InChI=1S/C11H15BrN2O2S/c1-3-7-14(4-2)17(15,16)9-5-6-11(13)10(12)8-9/h3,5-6,8H,1,4,7,13H2,2H3. The Labute approximate surface area is 110 Å². The van der Waals surface area contributed by atoms with Gasteiger partial charge in [-0.3, -0.25) is 0 Å². The number of nitrogens with two attached hydrogens (primary N) is 1. The quantitative estimate of drug-likeness (QED) is 0.669. The van der Waals surface area contributed by atoms with Crippen LogP contribution in [0.5, 0.6) is 0 Å². The van der Waals surface area contributed by atoms with Gasteiger partial charge in [0, 0.05) is 23.2 Å². The van der Waals surface area contributed by atoms with Gasteiger partial charge in [0.25, 0.3) is 0 Å². The van der Waals surface area contributed by atoms with E-state index < -0.39 is 10.0 Å². The number of likely N-dealkylation sites (N-methyl/N-ethyl adjacent to an activating group) is 1. The Balaban J connectivity index is 3.20. The Morgan fingerprint density at radius 3 is 2.65 bits per heavy atom. The lowest BCUT2D eigenvalue weighted by molar-refractivity contribution is 0.460. The van der Waals surface area contributed by atoms with E-state index >= 15 is 0 Å². The zero-order valence-electron chi connectivity index (χ0n) is 9.56. The lowest BCUT2D eigenvalue weighted by Crippen LogP contribution is -2.31. The van der Waals surface area contributed by atoms with Gasteiger partial charge in [0.2, 0.25) is 10.0 Å². The number of rotatable bonds is 5. The number of anilines is 1. The van der Waals surface area contributed by atoms with Crippen molar-refractivity contribution >= 4 is 31.6 Å². The van der Waals surface area contributed by atoms with Gasteiger partial charge < -0.3 is 5.73 Å². The van der Waals surface area contributed by atoms with Crippen molar-refractivity contribution in [2.24, 2.45) is 0 Å². The van der Waals surface area contributed by atoms with Crippen LogP contribution < -0.4 is 5.73 Å². The highest BCUT2D eigenvalue weighted by Gasteiger charge is 2.22. The molecule has 6 heteroatoms. The molecule has 0 saturated heterocycles. The number of sulfonamides is 1. The summed E-state index contributed by atoms with van der Waals surface area (Å²) in [6, 6.07) is 4.58. The molecular formula is C11H15BrN2O2S. The minimum absolute atomic E-state index is 0.224. The molecule has 0 aliphatic rings. The zero-order valence-corrected chi connectivity index (χ0v) is 12.0. The normalized spacial score (nSPS) is 11.7. The van der Waals surface area contributed by atoms with E-state index in [1.165, 1.54) is 16.4 Å². The fraction of sp³-hybridized carbons (Fsp3) is 0.273. The molecule has 0 aromatic heterocycles. The Kier molecular flexibility index (Phi) is 4.73. The van der Waals surface area contributed by atoms with Crippen LogP contribution in [0.25, 0.3) is 0 Å². The summed E-state index contributed by atoms with van der Waals surface area (Å²) in [5.74, 6) is 0. The Morgan fingerprint density at radius 2 is 2.18 bits per heavy atom. The van der Waals surface area contributed by atoms with Crippen molar-refractivity contribution in [1.29, 1.82) is 0 Å². The third-order valence-corrected chi connectivity index (χ3v) is 4.92. The van der Waals surface area contributed by atoms with Crippen molar-refractivity contribution in [1.82, 2.24) is 4.31 Å². The van der Waals surface area contributed by atoms with Gasteiger partial charge in [0.1, 0.15) is 0 Å². The average Bonchev–Trinajstić information content (AvgIpc) is 2.29. The summed E-state index contributed by atoms with van der Waals surface area (Å²) in [4.78, 5) is 0.224. The topological polar surface area (TPSA) is 63.4 Å². The molecule has 0 atom stereocenters. The lowest BCUT2D eigenvalue weighted by atomic mass is 10.3. The van der Waals surface area contributed by atoms with Crippen molar-refractivity contribution < 1.29 is 8.42 Å². The van der Waals surface area contributed by atoms with Crippen LogP contribution in [-0.4, -0.2) is 25.8 Å². The highest BCUT2D eigenvalue weighted by Crippen LogP contribution is 2.24. The molecule has 0 bridgehead atoms. The first kappa shape index (κ1) is 14.2. The maximum absolute atomic E-state index is 12.2. The van der Waals surface area contributed by atoms with E-state index in [9.17, 15) is 8.42 Å². The fourth-order valence-corrected chi connectivity index (χ4v) is 3.34. The minimum atomic E-state index is -3.48. The molecule has 0 aliphatic heterocycles. The Bertz CT molecular complexity index is 514. The number of nitrogen functional groups attached to an aromatic ring is 1. The molecule has 0 unspecified atom stereocenters. The first-order chi connectivity index (χ1) is 7.93. The highest BCUT2D eigenvalue weighted by atomic mass is 79.9. The van der Waals surface area contributed by atoms with E-state index in [-0.39, 0.29) is 4.90 Å². The SMILES string of the molecule is C=CCN(CC)S(=O)(=O)c1ccc(N)c(Br)c1. The molecule has 0 saturated carbocycles. The Hall–Kier alpha value is -0.850. The summed E-state index contributed by atoms with van der Waals surface area (Å²) in [6.45, 7) is 6.03. The number of halogens is 1. The second-order valence-electron chi connectivity index (χ2n) is 3.43. The smallest absolute Gasteiger partial charge is 0.243 e. The molecule has 1 rings (SSSR count). The molecule has 0 heterocycles. The van der Waals surface area contributed by atoms with Crippen LogP contribution in [0.2, 0.25) is 0 Å². The number of hydrogen-bond donors (Lipinski definition) is 1. The third-order valence-electron chi connectivity index (χ3n) is 2.30. The predicted octanol–water partition coefficient (Wildman–Crippen LogP) is 2.23. The highest BCUT2D eigenvalue weighted by molar-refractivity contribution is 9.10. The average molecular weight is 319 g/mol. The van der Waals surface area contributed by atoms with Gasteiger partial charge >= 0.3 is 0 Å². The van der Waals surface area contributed by atoms with Crippen molar-refractivity contribution in [3.8, 4) is 0 Å². The number of nitrogens with zero attached hydrogens (tertiary/aromatic N) is 1. The fourth-order valence-electron chi connectivity index (χ4n) is 1.36. The predicted molar refractivity (Wildman–Crippen MR) is 73.2 cm³/mol. The van der Waals surface area contributed by atoms with Crippen molar-refractivity contribution in [3.05, 3.63) is 35.3 Å². The largest absolute Gasteiger partial charge is 0.398 e. The van der Waals surface area contributed by atoms with Gasteiger partial charge in [0.05, 0.1) is 4.90 Å². The molecular weight excluding hydrogens is 304 g/mol. The summed E-state index contributed by atoms with van der Waals surface area (Å²) in [5, 5.41) is 0. The van der Waals surface area contributed by atoms with Crippen LogP contribution in [-0.2, 0) is 10.0 Å². The second kappa shape index (κ2) is 5.66. The molecule has 1 aromatic rings. The summed E-state index contributed by atoms with van der Waals surface area (Å²) in [7, 11) is -3.48. The van der Waals surface area contributed by atoms with E-state index in [1.54, 1.807) is 19.1 Å². The summed E-state index contributed by atoms with van der Waals surface area (Å²) >= 11 is 3.22. The van der Waals surface area contributed by atoms with Crippen LogP contribution >= 0.6 is 15.9 Å². The van der Waals surface area contributed by atoms with Gasteiger partial charge in [-0.1, -0.05) is 13.0 Å². The van der Waals surface area contributed by atoms with Gasteiger partial charge in [-0.05, 0) is 34.1 Å². The molecule has 0 fully saturated rings. The van der Waals surface area contributed by atoms with E-state index in [4.69, 9.17) is 5.73 Å². The van der Waals surface area contributed by atoms with E-state index in [0.717, 1.165) is 0 Å². The van der Waals surface area contributed by atoms with E-state index in [2.05, 4.69) is 22.5 Å². The van der Waals surface area contributed by atoms with E-state index in [0.29, 0.717) is 23.2 Å². The molecule has 0 aliphatic carbocycles. The van der Waals surface area contributed by atoms with Gasteiger partial charge in [-0.2, -0.15) is 4.31 Å². The van der Waals surface area contributed by atoms with Crippen molar-refractivity contribution in [3.63, 3.8) is 0 Å². The van der Waals surface area contributed by atoms with Crippen LogP contribution in [0.15, 0.2) is 40.2 Å².